The zero-order valence-electron chi connectivity index (χ0n) is 41.2. The number of rotatable bonds is 13. The third kappa shape index (κ3) is 9.65. The SMILES string of the molecule is C1=CCCC(N(c2ccc(-c3ccc(-c4ccccc4)cc3)cc2)c2ccc(-c3ccccc3-c3ccccc3-c3ccc(N(c4ccccc4)c4ccc(-c5ccc(-c6ccccc6)cc5)cc4)cc3)cc2)=C1. The normalized spacial score (nSPS) is 12.0. The minimum absolute atomic E-state index is 0.977. The largest absolute Gasteiger partial charge is 0.314 e. The number of benzene rings is 11. The Labute approximate surface area is 435 Å². The second-order valence-corrected chi connectivity index (χ2v) is 18.8. The predicted octanol–water partition coefficient (Wildman–Crippen LogP) is 20.2. The van der Waals surface area contributed by atoms with Gasteiger partial charge in [-0.2, -0.15) is 0 Å². The number of anilines is 5. The highest BCUT2D eigenvalue weighted by Crippen LogP contribution is 2.42. The fourth-order valence-electron chi connectivity index (χ4n) is 10.4. The smallest absolute Gasteiger partial charge is 0.0462 e. The van der Waals surface area contributed by atoms with Crippen molar-refractivity contribution in [3.8, 4) is 77.9 Å². The van der Waals surface area contributed by atoms with Gasteiger partial charge in [0.25, 0.3) is 0 Å². The summed E-state index contributed by atoms with van der Waals surface area (Å²) in [5.74, 6) is 0. The monoisotopic (exact) mass is 946 g/mol. The molecule has 0 saturated carbocycles. The molecule has 2 heteroatoms. The van der Waals surface area contributed by atoms with Gasteiger partial charge in [0, 0.05) is 34.1 Å². The van der Waals surface area contributed by atoms with Crippen LogP contribution in [0.3, 0.4) is 0 Å². The van der Waals surface area contributed by atoms with Gasteiger partial charge in [0.2, 0.25) is 0 Å². The van der Waals surface area contributed by atoms with Gasteiger partial charge in [-0.1, -0.05) is 237 Å². The molecule has 0 unspecified atom stereocenters. The Morgan fingerprint density at radius 2 is 0.486 bits per heavy atom. The van der Waals surface area contributed by atoms with Gasteiger partial charge in [-0.25, -0.2) is 0 Å². The van der Waals surface area contributed by atoms with Crippen molar-refractivity contribution in [1.82, 2.24) is 0 Å². The molecular formula is C72H54N2. The fourth-order valence-corrected chi connectivity index (χ4v) is 10.4. The molecule has 11 aromatic rings. The summed E-state index contributed by atoms with van der Waals surface area (Å²) in [5.41, 5.74) is 23.7. The third-order valence-corrected chi connectivity index (χ3v) is 14.2. The summed E-state index contributed by atoms with van der Waals surface area (Å²) >= 11 is 0. The molecule has 11 aromatic carbocycles. The highest BCUT2D eigenvalue weighted by molar-refractivity contribution is 5.93. The lowest BCUT2D eigenvalue weighted by Gasteiger charge is -2.29. The van der Waals surface area contributed by atoms with Gasteiger partial charge in [-0.3, -0.25) is 0 Å². The van der Waals surface area contributed by atoms with Crippen molar-refractivity contribution >= 4 is 28.4 Å². The van der Waals surface area contributed by atoms with E-state index in [9.17, 15) is 0 Å². The maximum absolute atomic E-state index is 2.42. The third-order valence-electron chi connectivity index (χ3n) is 14.2. The van der Waals surface area contributed by atoms with Gasteiger partial charge in [-0.15, -0.1) is 0 Å². The lowest BCUT2D eigenvalue weighted by Crippen LogP contribution is -2.17. The molecule has 0 heterocycles. The van der Waals surface area contributed by atoms with Crippen LogP contribution in [0.15, 0.2) is 309 Å². The summed E-state index contributed by atoms with van der Waals surface area (Å²) in [4.78, 5) is 4.75. The van der Waals surface area contributed by atoms with Gasteiger partial charge in [-0.05, 0) is 157 Å². The minimum atomic E-state index is 0.977. The molecule has 0 spiro atoms. The van der Waals surface area contributed by atoms with Crippen molar-refractivity contribution in [2.75, 3.05) is 9.80 Å². The molecule has 0 aromatic heterocycles. The Balaban J connectivity index is 0.811. The molecule has 12 rings (SSSR count). The number of para-hydroxylation sites is 1. The van der Waals surface area contributed by atoms with E-state index in [0.717, 1.165) is 46.8 Å². The van der Waals surface area contributed by atoms with Crippen LogP contribution >= 0.6 is 0 Å². The topological polar surface area (TPSA) is 6.48 Å². The summed E-state index contributed by atoms with van der Waals surface area (Å²) < 4.78 is 0. The predicted molar refractivity (Wildman–Crippen MR) is 314 cm³/mol. The van der Waals surface area contributed by atoms with E-state index >= 15 is 0 Å². The van der Waals surface area contributed by atoms with Crippen molar-refractivity contribution in [3.63, 3.8) is 0 Å². The van der Waals surface area contributed by atoms with Gasteiger partial charge in [0.05, 0.1) is 0 Å². The second-order valence-electron chi connectivity index (χ2n) is 18.8. The lowest BCUT2D eigenvalue weighted by molar-refractivity contribution is 0.918. The zero-order valence-corrected chi connectivity index (χ0v) is 41.2. The van der Waals surface area contributed by atoms with Crippen molar-refractivity contribution in [2.24, 2.45) is 0 Å². The Morgan fingerprint density at radius 3 is 0.838 bits per heavy atom. The molecule has 0 atom stereocenters. The Bertz CT molecular complexity index is 3690. The maximum Gasteiger partial charge on any atom is 0.0462 e. The molecule has 1 aliphatic rings. The van der Waals surface area contributed by atoms with Gasteiger partial charge >= 0.3 is 0 Å². The Hall–Kier alpha value is -9.50. The molecule has 1 aliphatic carbocycles. The van der Waals surface area contributed by atoms with Crippen LogP contribution in [0, 0.1) is 0 Å². The number of nitrogens with zero attached hydrogens (tertiary/aromatic N) is 2. The van der Waals surface area contributed by atoms with Crippen LogP contribution in [0.4, 0.5) is 28.4 Å². The van der Waals surface area contributed by atoms with Crippen molar-refractivity contribution in [3.05, 3.63) is 309 Å². The van der Waals surface area contributed by atoms with Crippen LogP contribution in [0.25, 0.3) is 77.9 Å². The fraction of sp³-hybridized carbons (Fsp3) is 0.0278. The van der Waals surface area contributed by atoms with E-state index in [1.165, 1.54) is 78.0 Å². The summed E-state index contributed by atoms with van der Waals surface area (Å²) in [6.45, 7) is 0. The van der Waals surface area contributed by atoms with Crippen LogP contribution in [0.1, 0.15) is 12.8 Å². The van der Waals surface area contributed by atoms with Crippen LogP contribution in [0.2, 0.25) is 0 Å². The van der Waals surface area contributed by atoms with Crippen LogP contribution in [-0.2, 0) is 0 Å². The van der Waals surface area contributed by atoms with E-state index in [1.54, 1.807) is 0 Å². The number of hydrogen-bond acceptors (Lipinski definition) is 2. The van der Waals surface area contributed by atoms with Gasteiger partial charge in [0.15, 0.2) is 0 Å². The van der Waals surface area contributed by atoms with Crippen molar-refractivity contribution in [2.45, 2.75) is 12.8 Å². The van der Waals surface area contributed by atoms with E-state index < -0.39 is 0 Å². The molecule has 0 fully saturated rings. The molecule has 0 aliphatic heterocycles. The first-order valence-electron chi connectivity index (χ1n) is 25.6. The first-order valence-corrected chi connectivity index (χ1v) is 25.6. The molecule has 0 bridgehead atoms. The average Bonchev–Trinajstić information content (AvgIpc) is 3.49. The van der Waals surface area contributed by atoms with Crippen molar-refractivity contribution in [1.29, 1.82) is 0 Å². The average molecular weight is 947 g/mol. The van der Waals surface area contributed by atoms with E-state index in [0.29, 0.717) is 0 Å². The van der Waals surface area contributed by atoms with Crippen LogP contribution in [-0.4, -0.2) is 0 Å². The number of allylic oxidation sites excluding steroid dienone is 4. The molecule has 0 radical (unpaired) electrons. The van der Waals surface area contributed by atoms with Gasteiger partial charge < -0.3 is 9.80 Å². The molecule has 0 N–H and O–H groups in total. The summed E-state index contributed by atoms with van der Waals surface area (Å²) in [6, 6.07) is 103. The second kappa shape index (κ2) is 21.1. The minimum Gasteiger partial charge on any atom is -0.314 e. The number of hydrogen-bond donors (Lipinski definition) is 0. The highest BCUT2D eigenvalue weighted by atomic mass is 15.2. The van der Waals surface area contributed by atoms with Crippen LogP contribution < -0.4 is 9.80 Å². The standard InChI is InChI=1S/C72H54N2/c1-5-17-53(18-6-1)55-29-33-57(34-30-55)59-37-45-65(46-38-59)73(63-21-9-3-10-22-63)67-49-41-61(42-50-67)69-25-13-15-27-71(69)72-28-16-14-26-70(72)62-43-51-68(52-44-62)74(64-23-11-4-12-24-64)66-47-39-60(40-48-66)58-35-31-56(32-36-58)54-19-7-2-8-20-54/h1-11,13-23,25-52H,12,24H2. The molecule has 352 valence electrons. The quantitative estimate of drug-likeness (QED) is 0.114. The summed E-state index contributed by atoms with van der Waals surface area (Å²) in [7, 11) is 0. The van der Waals surface area contributed by atoms with E-state index in [1.807, 2.05) is 0 Å². The van der Waals surface area contributed by atoms with E-state index in [-0.39, 0.29) is 0 Å². The van der Waals surface area contributed by atoms with Crippen LogP contribution in [0.5, 0.6) is 0 Å². The van der Waals surface area contributed by atoms with E-state index in [2.05, 4.69) is 313 Å². The van der Waals surface area contributed by atoms with E-state index in [4.69, 9.17) is 0 Å². The molecule has 2 nitrogen and oxygen atoms in total. The molecular weight excluding hydrogens is 893 g/mol. The summed E-state index contributed by atoms with van der Waals surface area (Å²) in [6.07, 6.45) is 8.70. The molecule has 0 saturated heterocycles. The highest BCUT2D eigenvalue weighted by Gasteiger charge is 2.19. The Kier molecular flexibility index (Phi) is 13.0. The molecule has 74 heavy (non-hydrogen) atoms. The van der Waals surface area contributed by atoms with Gasteiger partial charge in [0.1, 0.15) is 0 Å². The van der Waals surface area contributed by atoms with Crippen molar-refractivity contribution < 1.29 is 0 Å². The molecule has 0 amide bonds. The lowest BCUT2D eigenvalue weighted by atomic mass is 9.89. The Morgan fingerprint density at radius 1 is 0.216 bits per heavy atom. The zero-order chi connectivity index (χ0) is 49.5. The maximum atomic E-state index is 2.42. The summed E-state index contributed by atoms with van der Waals surface area (Å²) in [5, 5.41) is 0. The first kappa shape index (κ1) is 45.6. The first-order chi connectivity index (χ1) is 36.7.